The van der Waals surface area contributed by atoms with E-state index in [1.165, 1.54) is 0 Å². The number of aliphatic hydroxyl groups excluding tert-OH is 2. The molecule has 176 valence electrons. The number of carbonyl (C=O) groups excluding carboxylic acids is 2. The second-order valence-corrected chi connectivity index (χ2v) is 9.64. The minimum absolute atomic E-state index is 0.0284. The van der Waals surface area contributed by atoms with E-state index in [0.29, 0.717) is 25.0 Å². The molecule has 1 aliphatic carbocycles. The molecule has 4 unspecified atom stereocenters. The topological polar surface area (TPSA) is 130 Å². The quantitative estimate of drug-likeness (QED) is 0.317. The number of Topliss-reactive ketones (excluding diaryl/α,β-unsaturated/α-hetero) is 1. The molecule has 0 spiro atoms. The third-order valence-corrected chi connectivity index (χ3v) is 5.68. The van der Waals surface area contributed by atoms with Crippen LogP contribution in [0.5, 0.6) is 5.75 Å². The van der Waals surface area contributed by atoms with Gasteiger partial charge in [0.1, 0.15) is 24.2 Å². The Labute approximate surface area is 189 Å². The highest BCUT2D eigenvalue weighted by molar-refractivity contribution is 7.89. The van der Waals surface area contributed by atoms with Gasteiger partial charge >= 0.3 is 0 Å². The first kappa shape index (κ1) is 25.8. The molecule has 4 atom stereocenters. The lowest BCUT2D eigenvalue weighted by Crippen LogP contribution is -2.28. The molecule has 2 rings (SSSR count). The van der Waals surface area contributed by atoms with Gasteiger partial charge in [-0.05, 0) is 31.4 Å². The summed E-state index contributed by atoms with van der Waals surface area (Å²) in [4.78, 5) is 23.7. The molecule has 1 aromatic rings. The minimum Gasteiger partial charge on any atom is -0.491 e. The van der Waals surface area contributed by atoms with Gasteiger partial charge in [0.15, 0.2) is 0 Å². The number of hydrogen-bond acceptors (Lipinski definition) is 7. The summed E-state index contributed by atoms with van der Waals surface area (Å²) in [6.07, 6.45) is 7.84. The van der Waals surface area contributed by atoms with Gasteiger partial charge in [0.25, 0.3) is 0 Å². The first-order chi connectivity index (χ1) is 15.2. The van der Waals surface area contributed by atoms with Gasteiger partial charge in [-0.1, -0.05) is 42.5 Å². The van der Waals surface area contributed by atoms with Gasteiger partial charge in [0, 0.05) is 24.7 Å². The average Bonchev–Trinajstić information content (AvgIpc) is 2.99. The van der Waals surface area contributed by atoms with Crippen molar-refractivity contribution in [2.24, 2.45) is 11.8 Å². The van der Waals surface area contributed by atoms with E-state index in [2.05, 4.69) is 0 Å². The summed E-state index contributed by atoms with van der Waals surface area (Å²) in [6.45, 7) is 0.0642. The number of allylic oxidation sites excluding steroid dienone is 2. The Bertz CT molecular complexity index is 912. The number of nitrogens with one attached hydrogen (secondary N) is 1. The number of unbranched alkanes of at least 4 members (excludes halogenated alkanes) is 1. The first-order valence-electron chi connectivity index (χ1n) is 10.6. The second kappa shape index (κ2) is 12.5. The normalized spacial score (nSPS) is 22.5. The van der Waals surface area contributed by atoms with E-state index < -0.39 is 28.1 Å². The van der Waals surface area contributed by atoms with Crippen LogP contribution in [0.1, 0.15) is 32.1 Å². The third-order valence-electron chi connectivity index (χ3n) is 5.08. The summed E-state index contributed by atoms with van der Waals surface area (Å²) < 4.78 is 29.4. The van der Waals surface area contributed by atoms with Crippen molar-refractivity contribution in [3.05, 3.63) is 54.6 Å². The zero-order chi connectivity index (χ0) is 23.6. The number of benzene rings is 1. The van der Waals surface area contributed by atoms with Gasteiger partial charge in [0.05, 0.1) is 12.4 Å². The highest BCUT2D eigenvalue weighted by Crippen LogP contribution is 2.33. The number of hydrogen-bond donors (Lipinski definition) is 3. The summed E-state index contributed by atoms with van der Waals surface area (Å²) in [6, 6.07) is 9.11. The van der Waals surface area contributed by atoms with Gasteiger partial charge in [-0.25, -0.2) is 8.42 Å². The number of rotatable bonds is 12. The molecular weight excluding hydrogens is 434 g/mol. The molecule has 1 saturated carbocycles. The number of ketones is 1. The molecule has 0 radical (unpaired) electrons. The number of ether oxygens (including phenoxy) is 1. The predicted octanol–water partition coefficient (Wildman–Crippen LogP) is 1.74. The summed E-state index contributed by atoms with van der Waals surface area (Å²) in [5.41, 5.74) is 0. The van der Waals surface area contributed by atoms with Crippen LogP contribution in [0.3, 0.4) is 0 Å². The van der Waals surface area contributed by atoms with Crippen LogP contribution in [-0.2, 0) is 19.6 Å². The van der Waals surface area contributed by atoms with Gasteiger partial charge in [0.2, 0.25) is 15.9 Å². The Balaban J connectivity index is 1.78. The van der Waals surface area contributed by atoms with Crippen LogP contribution in [0.25, 0.3) is 0 Å². The van der Waals surface area contributed by atoms with Crippen molar-refractivity contribution in [3.8, 4) is 5.75 Å². The van der Waals surface area contributed by atoms with E-state index in [0.717, 1.165) is 6.26 Å². The molecule has 0 aromatic heterocycles. The molecule has 1 aromatic carbocycles. The summed E-state index contributed by atoms with van der Waals surface area (Å²) >= 11 is 0. The maximum Gasteiger partial charge on any atom is 0.233 e. The number of sulfonamides is 1. The van der Waals surface area contributed by atoms with E-state index in [-0.39, 0.29) is 37.1 Å². The zero-order valence-electron chi connectivity index (χ0n) is 18.1. The molecule has 0 bridgehead atoms. The van der Waals surface area contributed by atoms with Crippen molar-refractivity contribution < 1.29 is 33.0 Å². The number of aliphatic hydroxyl groups is 2. The second-order valence-electron chi connectivity index (χ2n) is 7.89. The maximum atomic E-state index is 12.3. The molecule has 0 saturated heterocycles. The summed E-state index contributed by atoms with van der Waals surface area (Å²) in [5.74, 6) is -0.700. The average molecular weight is 466 g/mol. The van der Waals surface area contributed by atoms with E-state index in [9.17, 15) is 28.2 Å². The fraction of sp³-hybridized carbons (Fsp3) is 0.478. The van der Waals surface area contributed by atoms with Crippen molar-refractivity contribution in [1.82, 2.24) is 4.72 Å². The van der Waals surface area contributed by atoms with Gasteiger partial charge in [-0.3, -0.25) is 14.3 Å². The van der Waals surface area contributed by atoms with Crippen LogP contribution < -0.4 is 9.46 Å². The van der Waals surface area contributed by atoms with Crippen LogP contribution in [-0.4, -0.2) is 55.4 Å². The SMILES string of the molecule is CS(=O)(=O)NC(=O)CCC/C=C/CC1C(=O)CC(O)C1/C=C/C(O)COc1ccccc1. The Morgan fingerprint density at radius 2 is 2.00 bits per heavy atom. The number of para-hydroxylation sites is 1. The lowest BCUT2D eigenvalue weighted by atomic mass is 9.90. The standard InChI is InChI=1S/C23H31NO7S/c1-32(29,30)24-23(28)12-8-3-2-7-11-19-20(22(27)15-21(19)26)14-13-17(25)16-31-18-9-5-4-6-10-18/h2,4-7,9-10,13-14,17,19-20,22,25,27H,3,8,11-12,15-16H2,1H3,(H,24,28)/b7-2+,14-13+. The smallest absolute Gasteiger partial charge is 0.233 e. The summed E-state index contributed by atoms with van der Waals surface area (Å²) in [7, 11) is -3.54. The summed E-state index contributed by atoms with van der Waals surface area (Å²) in [5, 5.41) is 20.4. The molecule has 3 N–H and O–H groups in total. The molecule has 1 amide bonds. The van der Waals surface area contributed by atoms with Crippen molar-refractivity contribution in [2.45, 2.75) is 44.3 Å². The molecule has 8 nitrogen and oxygen atoms in total. The Morgan fingerprint density at radius 1 is 1.28 bits per heavy atom. The fourth-order valence-electron chi connectivity index (χ4n) is 3.54. The Kier molecular flexibility index (Phi) is 10.1. The largest absolute Gasteiger partial charge is 0.491 e. The predicted molar refractivity (Wildman–Crippen MR) is 120 cm³/mol. The van der Waals surface area contributed by atoms with Gasteiger partial charge < -0.3 is 14.9 Å². The molecule has 32 heavy (non-hydrogen) atoms. The Morgan fingerprint density at radius 3 is 2.69 bits per heavy atom. The zero-order valence-corrected chi connectivity index (χ0v) is 18.9. The fourth-order valence-corrected chi connectivity index (χ4v) is 4.05. The van der Waals surface area contributed by atoms with Gasteiger partial charge in [-0.15, -0.1) is 0 Å². The van der Waals surface area contributed by atoms with Crippen molar-refractivity contribution in [2.75, 3.05) is 12.9 Å². The lowest BCUT2D eigenvalue weighted by molar-refractivity contribution is -0.121. The molecule has 1 aliphatic rings. The molecule has 1 fully saturated rings. The monoisotopic (exact) mass is 465 g/mol. The van der Waals surface area contributed by atoms with Crippen molar-refractivity contribution in [1.29, 1.82) is 0 Å². The van der Waals surface area contributed by atoms with Crippen LogP contribution in [0.4, 0.5) is 0 Å². The highest BCUT2D eigenvalue weighted by atomic mass is 32.2. The molecular formula is C23H31NO7S. The van der Waals surface area contributed by atoms with Crippen LogP contribution >= 0.6 is 0 Å². The lowest BCUT2D eigenvalue weighted by Gasteiger charge is -2.17. The van der Waals surface area contributed by atoms with Gasteiger partial charge in [-0.2, -0.15) is 0 Å². The number of amides is 1. The molecule has 0 heterocycles. The van der Waals surface area contributed by atoms with E-state index in [1.807, 2.05) is 35.1 Å². The highest BCUT2D eigenvalue weighted by Gasteiger charge is 2.39. The number of carbonyl (C=O) groups is 2. The van der Waals surface area contributed by atoms with Crippen LogP contribution in [0.2, 0.25) is 0 Å². The van der Waals surface area contributed by atoms with E-state index in [4.69, 9.17) is 4.74 Å². The third kappa shape index (κ3) is 9.33. The minimum atomic E-state index is -3.54. The van der Waals surface area contributed by atoms with E-state index >= 15 is 0 Å². The molecule has 0 aliphatic heterocycles. The van der Waals surface area contributed by atoms with Crippen molar-refractivity contribution >= 4 is 21.7 Å². The maximum absolute atomic E-state index is 12.3. The molecule has 9 heteroatoms. The van der Waals surface area contributed by atoms with Crippen molar-refractivity contribution in [3.63, 3.8) is 0 Å². The van der Waals surface area contributed by atoms with Crippen LogP contribution in [0, 0.1) is 11.8 Å². The van der Waals surface area contributed by atoms with E-state index in [1.54, 1.807) is 24.3 Å². The van der Waals surface area contributed by atoms with Crippen LogP contribution in [0.15, 0.2) is 54.6 Å². The first-order valence-corrected chi connectivity index (χ1v) is 12.5. The Hall–Kier alpha value is -2.49.